The molecule has 0 bridgehead atoms. The van der Waals surface area contributed by atoms with Crippen LogP contribution in [0.1, 0.15) is 13.8 Å². The van der Waals surface area contributed by atoms with E-state index in [1.54, 1.807) is 16.6 Å². The van der Waals surface area contributed by atoms with Crippen LogP contribution < -0.4 is 4.90 Å². The van der Waals surface area contributed by atoms with E-state index in [-0.39, 0.29) is 27.8 Å². The molecule has 8 heteroatoms. The lowest BCUT2D eigenvalue weighted by Crippen LogP contribution is -2.36. The zero-order chi connectivity index (χ0) is 17.7. The van der Waals surface area contributed by atoms with E-state index in [1.165, 1.54) is 12.4 Å². The molecule has 2 unspecified atom stereocenters. The van der Waals surface area contributed by atoms with Crippen molar-refractivity contribution in [2.45, 2.75) is 25.9 Å². The number of benzene rings is 1. The lowest BCUT2D eigenvalue weighted by molar-refractivity contribution is 0.630. The van der Waals surface area contributed by atoms with Gasteiger partial charge in [0.2, 0.25) is 0 Å². The summed E-state index contributed by atoms with van der Waals surface area (Å²) in [7, 11) is 0. The molecule has 2 aromatic heterocycles. The van der Waals surface area contributed by atoms with E-state index >= 15 is 0 Å². The molecule has 1 aliphatic rings. The molecule has 128 valence electrons. The predicted octanol–water partition coefficient (Wildman–Crippen LogP) is 4.39. The zero-order valence-electron chi connectivity index (χ0n) is 13.5. The van der Waals surface area contributed by atoms with Gasteiger partial charge in [0.15, 0.2) is 0 Å². The van der Waals surface area contributed by atoms with Gasteiger partial charge in [-0.2, -0.15) is 19.6 Å². The number of fused-ring (bicyclic) bond motifs is 1. The summed E-state index contributed by atoms with van der Waals surface area (Å²) < 4.78 is 16.2. The summed E-state index contributed by atoms with van der Waals surface area (Å²) in [6.07, 6.45) is 5.55. The molecule has 5 nitrogen and oxygen atoms in total. The summed E-state index contributed by atoms with van der Waals surface area (Å²) in [5, 5.41) is 4.66. The molecule has 0 aliphatic carbocycles. The largest absolute Gasteiger partial charge is 0.344 e. The molecule has 1 aromatic carbocycles. The summed E-state index contributed by atoms with van der Waals surface area (Å²) in [5.41, 5.74) is 0.616. The van der Waals surface area contributed by atoms with Crippen LogP contribution in [-0.2, 0) is 0 Å². The normalized spacial score (nSPS) is 20.0. The highest BCUT2D eigenvalue weighted by Gasteiger charge is 2.31. The summed E-state index contributed by atoms with van der Waals surface area (Å²) in [6, 6.07) is 4.68. The Morgan fingerprint density at radius 1 is 1.08 bits per heavy atom. The summed E-state index contributed by atoms with van der Waals surface area (Å²) in [5.74, 6) is 0.497. The fraction of sp³-hybridized carbons (Fsp3) is 0.235. The second-order valence-corrected chi connectivity index (χ2v) is 6.71. The first-order valence-electron chi connectivity index (χ1n) is 7.79. The zero-order valence-corrected chi connectivity index (χ0v) is 15.0. The Morgan fingerprint density at radius 2 is 1.80 bits per heavy atom. The van der Waals surface area contributed by atoms with E-state index in [1.807, 2.05) is 13.8 Å². The Hall–Kier alpha value is -2.18. The maximum absolute atomic E-state index is 14.7. The van der Waals surface area contributed by atoms with Gasteiger partial charge in [0.25, 0.3) is 5.78 Å². The smallest absolute Gasteiger partial charge is 0.255 e. The van der Waals surface area contributed by atoms with Crippen molar-refractivity contribution in [3.05, 3.63) is 52.7 Å². The van der Waals surface area contributed by atoms with Crippen LogP contribution in [0.3, 0.4) is 0 Å². The number of halogens is 3. The minimum Gasteiger partial charge on any atom is -0.344 e. The van der Waals surface area contributed by atoms with Gasteiger partial charge in [-0.1, -0.05) is 41.4 Å². The molecule has 4 rings (SSSR count). The Balaban J connectivity index is 2.11. The van der Waals surface area contributed by atoms with Crippen molar-refractivity contribution in [2.75, 3.05) is 4.90 Å². The summed E-state index contributed by atoms with van der Waals surface area (Å²) >= 11 is 12.8. The van der Waals surface area contributed by atoms with E-state index in [9.17, 15) is 4.39 Å². The van der Waals surface area contributed by atoms with Crippen LogP contribution >= 0.6 is 23.2 Å². The van der Waals surface area contributed by atoms with Crippen molar-refractivity contribution in [1.82, 2.24) is 19.6 Å². The molecular formula is C17H14Cl2FN5. The van der Waals surface area contributed by atoms with Crippen molar-refractivity contribution in [3.63, 3.8) is 0 Å². The van der Waals surface area contributed by atoms with Gasteiger partial charge >= 0.3 is 0 Å². The maximum Gasteiger partial charge on any atom is 0.255 e. The van der Waals surface area contributed by atoms with E-state index in [0.717, 1.165) is 0 Å². The van der Waals surface area contributed by atoms with E-state index in [0.29, 0.717) is 17.2 Å². The van der Waals surface area contributed by atoms with Crippen LogP contribution in [0.25, 0.3) is 16.9 Å². The number of hydrogen-bond acceptors (Lipinski definition) is 4. The second kappa shape index (κ2) is 5.97. The highest BCUT2D eigenvalue weighted by atomic mass is 35.5. The average Bonchev–Trinajstić information content (AvgIpc) is 3.14. The molecule has 0 N–H and O–H groups in total. The van der Waals surface area contributed by atoms with Gasteiger partial charge in [-0.05, 0) is 26.0 Å². The number of hydrogen-bond donors (Lipinski definition) is 0. The number of nitrogens with zero attached hydrogens (tertiary/aromatic N) is 5. The standard InChI is InChI=1S/C17H14Cl2FN5/c1-9-6-7-10(2)24(9)16-14(13-11(18)4-3-5-12(13)20)15(19)23-17-21-8-22-25(16)17/h3-10H,1-2H3. The summed E-state index contributed by atoms with van der Waals surface area (Å²) in [4.78, 5) is 10.5. The Kier molecular flexibility index (Phi) is 3.89. The van der Waals surface area contributed by atoms with Gasteiger partial charge in [0.1, 0.15) is 23.1 Å². The third-order valence-electron chi connectivity index (χ3n) is 4.36. The summed E-state index contributed by atoms with van der Waals surface area (Å²) in [6.45, 7) is 4.09. The monoisotopic (exact) mass is 377 g/mol. The molecular weight excluding hydrogens is 364 g/mol. The lowest BCUT2D eigenvalue weighted by atomic mass is 10.1. The fourth-order valence-corrected chi connectivity index (χ4v) is 3.77. The molecule has 3 heterocycles. The van der Waals surface area contributed by atoms with Crippen molar-refractivity contribution in [2.24, 2.45) is 0 Å². The lowest BCUT2D eigenvalue weighted by Gasteiger charge is -2.31. The highest BCUT2D eigenvalue weighted by Crippen LogP contribution is 2.43. The van der Waals surface area contributed by atoms with E-state index in [4.69, 9.17) is 23.2 Å². The van der Waals surface area contributed by atoms with Gasteiger partial charge in [-0.25, -0.2) is 4.39 Å². The molecule has 0 saturated heterocycles. The van der Waals surface area contributed by atoms with Gasteiger partial charge in [-0.15, -0.1) is 0 Å². The van der Waals surface area contributed by atoms with Crippen molar-refractivity contribution in [3.8, 4) is 11.1 Å². The van der Waals surface area contributed by atoms with Gasteiger partial charge < -0.3 is 4.90 Å². The van der Waals surface area contributed by atoms with Gasteiger partial charge in [0.05, 0.1) is 10.6 Å². The number of anilines is 1. The van der Waals surface area contributed by atoms with E-state index < -0.39 is 5.82 Å². The Morgan fingerprint density at radius 3 is 2.48 bits per heavy atom. The number of rotatable bonds is 2. The first-order valence-corrected chi connectivity index (χ1v) is 8.55. The van der Waals surface area contributed by atoms with Crippen molar-refractivity contribution in [1.29, 1.82) is 0 Å². The van der Waals surface area contributed by atoms with Crippen LogP contribution in [0, 0.1) is 5.82 Å². The highest BCUT2D eigenvalue weighted by molar-refractivity contribution is 6.36. The van der Waals surface area contributed by atoms with Crippen LogP contribution in [-0.4, -0.2) is 31.7 Å². The van der Waals surface area contributed by atoms with Crippen LogP contribution in [0.15, 0.2) is 36.7 Å². The van der Waals surface area contributed by atoms with Crippen LogP contribution in [0.2, 0.25) is 10.2 Å². The van der Waals surface area contributed by atoms with E-state index in [2.05, 4.69) is 32.1 Å². The topological polar surface area (TPSA) is 46.3 Å². The third kappa shape index (κ3) is 2.48. The molecule has 2 atom stereocenters. The quantitative estimate of drug-likeness (QED) is 0.490. The molecule has 25 heavy (non-hydrogen) atoms. The molecule has 0 radical (unpaired) electrons. The van der Waals surface area contributed by atoms with Crippen LogP contribution in [0.5, 0.6) is 0 Å². The molecule has 1 aliphatic heterocycles. The molecule has 0 fully saturated rings. The van der Waals surface area contributed by atoms with Gasteiger partial charge in [0, 0.05) is 17.6 Å². The van der Waals surface area contributed by atoms with Gasteiger partial charge in [-0.3, -0.25) is 0 Å². The second-order valence-electron chi connectivity index (χ2n) is 5.94. The predicted molar refractivity (Wildman–Crippen MR) is 96.7 cm³/mol. The Labute approximate surface area is 153 Å². The fourth-order valence-electron chi connectivity index (χ4n) is 3.26. The Bertz CT molecular complexity index is 968. The molecule has 0 spiro atoms. The average molecular weight is 378 g/mol. The number of aromatic nitrogens is 4. The minimum atomic E-state index is -0.468. The molecule has 0 amide bonds. The van der Waals surface area contributed by atoms with Crippen molar-refractivity contribution >= 4 is 34.8 Å². The third-order valence-corrected chi connectivity index (χ3v) is 4.95. The SMILES string of the molecule is CC1C=CC(C)N1c1c(-c2c(F)cccc2Cl)c(Cl)nc2ncnn12. The first-order chi connectivity index (χ1) is 12.0. The van der Waals surface area contributed by atoms with Crippen LogP contribution in [0.4, 0.5) is 10.2 Å². The minimum absolute atomic E-state index is 0.0742. The first kappa shape index (κ1) is 16.3. The molecule has 3 aromatic rings. The molecule has 0 saturated carbocycles. The van der Waals surface area contributed by atoms with Crippen molar-refractivity contribution < 1.29 is 4.39 Å². The maximum atomic E-state index is 14.7.